The highest BCUT2D eigenvalue weighted by atomic mass is 16.4. The van der Waals surface area contributed by atoms with Gasteiger partial charge in [-0.3, -0.25) is 0 Å². The Labute approximate surface area is 96.6 Å². The first-order valence-corrected chi connectivity index (χ1v) is 5.72. The van der Waals surface area contributed by atoms with E-state index in [9.17, 15) is 4.79 Å². The normalized spacial score (nSPS) is 10.8. The molecule has 0 fully saturated rings. The smallest absolute Gasteiger partial charge is 0.327 e. The van der Waals surface area contributed by atoms with Crippen molar-refractivity contribution in [2.45, 2.75) is 32.1 Å². The van der Waals surface area contributed by atoms with Gasteiger partial charge >= 0.3 is 5.97 Å². The molecule has 2 nitrogen and oxygen atoms in total. The predicted molar refractivity (Wildman–Crippen MR) is 65.4 cm³/mol. The SMILES string of the molecule is O=C(O)C=CCCCCCc1ccccc1. The molecule has 0 aliphatic rings. The molecule has 1 aromatic rings. The van der Waals surface area contributed by atoms with Crippen molar-refractivity contribution in [3.05, 3.63) is 48.0 Å². The zero-order chi connectivity index (χ0) is 11.6. The highest BCUT2D eigenvalue weighted by Crippen LogP contribution is 2.07. The summed E-state index contributed by atoms with van der Waals surface area (Å²) in [7, 11) is 0. The van der Waals surface area contributed by atoms with Crippen LogP contribution in [0.5, 0.6) is 0 Å². The van der Waals surface area contributed by atoms with Gasteiger partial charge in [-0.05, 0) is 31.2 Å². The molecule has 0 saturated carbocycles. The van der Waals surface area contributed by atoms with Crippen molar-refractivity contribution < 1.29 is 9.90 Å². The van der Waals surface area contributed by atoms with Gasteiger partial charge in [0, 0.05) is 6.08 Å². The fourth-order valence-electron chi connectivity index (χ4n) is 1.60. The van der Waals surface area contributed by atoms with Gasteiger partial charge in [-0.15, -0.1) is 0 Å². The summed E-state index contributed by atoms with van der Waals surface area (Å²) in [5, 5.41) is 8.38. The third-order valence-corrected chi connectivity index (χ3v) is 2.44. The Kier molecular flexibility index (Phi) is 6.00. The number of rotatable bonds is 7. The summed E-state index contributed by atoms with van der Waals surface area (Å²) in [5.74, 6) is -0.857. The summed E-state index contributed by atoms with van der Waals surface area (Å²) in [5.41, 5.74) is 1.38. The van der Waals surface area contributed by atoms with E-state index >= 15 is 0 Å². The van der Waals surface area contributed by atoms with E-state index in [4.69, 9.17) is 5.11 Å². The Hall–Kier alpha value is -1.57. The lowest BCUT2D eigenvalue weighted by atomic mass is 10.1. The summed E-state index contributed by atoms with van der Waals surface area (Å²) in [6.07, 6.45) is 8.31. The predicted octanol–water partition coefficient (Wildman–Crippen LogP) is 3.43. The van der Waals surface area contributed by atoms with Gasteiger partial charge in [-0.1, -0.05) is 42.8 Å². The van der Waals surface area contributed by atoms with E-state index in [1.807, 2.05) is 6.07 Å². The second kappa shape index (κ2) is 7.69. The zero-order valence-electron chi connectivity index (χ0n) is 9.43. The standard InChI is InChI=1S/C14H18O2/c15-14(16)12-8-3-1-2-5-9-13-10-6-4-7-11-13/h4,6-8,10-12H,1-3,5,9H2,(H,15,16). The van der Waals surface area contributed by atoms with Crippen LogP contribution in [-0.2, 0) is 11.2 Å². The van der Waals surface area contributed by atoms with E-state index in [0.29, 0.717) is 0 Å². The molecule has 86 valence electrons. The summed E-state index contributed by atoms with van der Waals surface area (Å²) >= 11 is 0. The summed E-state index contributed by atoms with van der Waals surface area (Å²) in [6, 6.07) is 10.4. The highest BCUT2D eigenvalue weighted by Gasteiger charge is 1.92. The number of carbonyl (C=O) groups is 1. The Morgan fingerprint density at radius 3 is 2.56 bits per heavy atom. The first kappa shape index (κ1) is 12.5. The van der Waals surface area contributed by atoms with Gasteiger partial charge in [0.2, 0.25) is 0 Å². The Bertz CT molecular complexity index is 328. The monoisotopic (exact) mass is 218 g/mol. The maximum absolute atomic E-state index is 10.2. The van der Waals surface area contributed by atoms with Gasteiger partial charge in [-0.2, -0.15) is 0 Å². The van der Waals surface area contributed by atoms with Crippen LogP contribution >= 0.6 is 0 Å². The molecule has 0 aliphatic heterocycles. The molecule has 0 unspecified atom stereocenters. The van der Waals surface area contributed by atoms with E-state index < -0.39 is 5.97 Å². The second-order valence-electron chi connectivity index (χ2n) is 3.83. The molecule has 0 spiro atoms. The number of aryl methyl sites for hydroxylation is 1. The van der Waals surface area contributed by atoms with E-state index in [-0.39, 0.29) is 0 Å². The van der Waals surface area contributed by atoms with Crippen molar-refractivity contribution in [1.29, 1.82) is 0 Å². The molecule has 0 bridgehead atoms. The van der Waals surface area contributed by atoms with E-state index in [2.05, 4.69) is 24.3 Å². The van der Waals surface area contributed by atoms with E-state index in [1.165, 1.54) is 18.1 Å². The Morgan fingerprint density at radius 1 is 1.12 bits per heavy atom. The molecule has 0 amide bonds. The first-order valence-electron chi connectivity index (χ1n) is 5.72. The lowest BCUT2D eigenvalue weighted by Gasteiger charge is -2.00. The van der Waals surface area contributed by atoms with Crippen molar-refractivity contribution in [1.82, 2.24) is 0 Å². The van der Waals surface area contributed by atoms with Crippen LogP contribution in [0.1, 0.15) is 31.2 Å². The van der Waals surface area contributed by atoms with Crippen LogP contribution in [0.25, 0.3) is 0 Å². The van der Waals surface area contributed by atoms with Gasteiger partial charge in [-0.25, -0.2) is 4.79 Å². The number of unbranched alkanes of at least 4 members (excludes halogenated alkanes) is 3. The zero-order valence-corrected chi connectivity index (χ0v) is 9.43. The third kappa shape index (κ3) is 6.02. The third-order valence-electron chi connectivity index (χ3n) is 2.44. The van der Waals surface area contributed by atoms with E-state index in [0.717, 1.165) is 25.7 Å². The van der Waals surface area contributed by atoms with Crippen molar-refractivity contribution in [2.75, 3.05) is 0 Å². The minimum absolute atomic E-state index is 0.857. The quantitative estimate of drug-likeness (QED) is 0.562. The van der Waals surface area contributed by atoms with Gasteiger partial charge < -0.3 is 5.11 Å². The highest BCUT2D eigenvalue weighted by molar-refractivity contribution is 5.79. The minimum Gasteiger partial charge on any atom is -0.478 e. The maximum Gasteiger partial charge on any atom is 0.327 e. The average Bonchev–Trinajstić information content (AvgIpc) is 2.29. The van der Waals surface area contributed by atoms with Crippen molar-refractivity contribution in [3.8, 4) is 0 Å². The molecule has 0 radical (unpaired) electrons. The summed E-state index contributed by atoms with van der Waals surface area (Å²) in [6.45, 7) is 0. The number of benzene rings is 1. The number of allylic oxidation sites excluding steroid dienone is 1. The van der Waals surface area contributed by atoms with Crippen LogP contribution in [-0.4, -0.2) is 11.1 Å². The van der Waals surface area contributed by atoms with E-state index in [1.54, 1.807) is 6.08 Å². The fourth-order valence-corrected chi connectivity index (χ4v) is 1.60. The number of carboxylic acid groups (broad SMARTS) is 1. The topological polar surface area (TPSA) is 37.3 Å². The maximum atomic E-state index is 10.2. The van der Waals surface area contributed by atoms with Crippen LogP contribution in [0.4, 0.5) is 0 Å². The Morgan fingerprint density at radius 2 is 1.88 bits per heavy atom. The summed E-state index contributed by atoms with van der Waals surface area (Å²) < 4.78 is 0. The van der Waals surface area contributed by atoms with Gasteiger partial charge in [0.15, 0.2) is 0 Å². The number of carboxylic acids is 1. The minimum atomic E-state index is -0.857. The molecule has 0 aliphatic carbocycles. The van der Waals surface area contributed by atoms with Gasteiger partial charge in [0.05, 0.1) is 0 Å². The molecular weight excluding hydrogens is 200 g/mol. The molecule has 1 rings (SSSR count). The lowest BCUT2D eigenvalue weighted by Crippen LogP contribution is -1.87. The molecule has 2 heteroatoms. The number of aliphatic carboxylic acids is 1. The Balaban J connectivity index is 2.02. The molecule has 0 aromatic heterocycles. The first-order chi connectivity index (χ1) is 7.79. The summed E-state index contributed by atoms with van der Waals surface area (Å²) in [4.78, 5) is 10.2. The van der Waals surface area contributed by atoms with Crippen molar-refractivity contribution in [3.63, 3.8) is 0 Å². The van der Waals surface area contributed by atoms with Crippen molar-refractivity contribution >= 4 is 5.97 Å². The molecular formula is C14H18O2. The van der Waals surface area contributed by atoms with Crippen LogP contribution in [0.15, 0.2) is 42.5 Å². The van der Waals surface area contributed by atoms with Crippen LogP contribution < -0.4 is 0 Å². The van der Waals surface area contributed by atoms with Crippen molar-refractivity contribution in [2.24, 2.45) is 0 Å². The second-order valence-corrected chi connectivity index (χ2v) is 3.83. The van der Waals surface area contributed by atoms with Crippen LogP contribution in [0, 0.1) is 0 Å². The molecule has 0 heterocycles. The molecule has 0 saturated heterocycles. The van der Waals surface area contributed by atoms with Crippen LogP contribution in [0.2, 0.25) is 0 Å². The molecule has 1 N–H and O–H groups in total. The molecule has 0 atom stereocenters. The van der Waals surface area contributed by atoms with Gasteiger partial charge in [0.25, 0.3) is 0 Å². The average molecular weight is 218 g/mol. The van der Waals surface area contributed by atoms with Gasteiger partial charge in [0.1, 0.15) is 0 Å². The lowest BCUT2D eigenvalue weighted by molar-refractivity contribution is -0.131. The van der Waals surface area contributed by atoms with Crippen LogP contribution in [0.3, 0.4) is 0 Å². The largest absolute Gasteiger partial charge is 0.478 e. The number of hydrogen-bond acceptors (Lipinski definition) is 1. The molecule has 1 aromatic carbocycles. The molecule has 16 heavy (non-hydrogen) atoms. The fraction of sp³-hybridized carbons (Fsp3) is 0.357. The number of hydrogen-bond donors (Lipinski definition) is 1.